The molecule has 0 aliphatic carbocycles. The fourth-order valence-corrected chi connectivity index (χ4v) is 3.71. The monoisotopic (exact) mass is 432 g/mol. The largest absolute Gasteiger partial charge is 0.490 e. The SMILES string of the molecule is CCCCCCCCCCCCOc1c(Cl)c(Cl)c(Cl)c(Cl)c1Cl. The Hall–Kier alpha value is 0.470. The van der Waals surface area contributed by atoms with Crippen molar-refractivity contribution in [3.63, 3.8) is 0 Å². The molecule has 0 atom stereocenters. The number of unbranched alkanes of at least 4 members (excludes halogenated alkanes) is 9. The zero-order valence-electron chi connectivity index (χ0n) is 14.1. The molecule has 0 aliphatic heterocycles. The van der Waals surface area contributed by atoms with Crippen molar-refractivity contribution >= 4 is 58.0 Å². The van der Waals surface area contributed by atoms with Crippen LogP contribution in [0.4, 0.5) is 0 Å². The van der Waals surface area contributed by atoms with Gasteiger partial charge in [0.15, 0.2) is 5.75 Å². The molecule has 0 fully saturated rings. The van der Waals surface area contributed by atoms with E-state index in [0.717, 1.165) is 12.8 Å². The van der Waals surface area contributed by atoms with E-state index in [1.807, 2.05) is 0 Å². The van der Waals surface area contributed by atoms with E-state index in [-0.39, 0.29) is 25.1 Å². The summed E-state index contributed by atoms with van der Waals surface area (Å²) in [5, 5.41) is 0.919. The maximum absolute atomic E-state index is 6.12. The predicted molar refractivity (Wildman–Crippen MR) is 109 cm³/mol. The maximum Gasteiger partial charge on any atom is 0.159 e. The number of hydrogen-bond acceptors (Lipinski definition) is 1. The molecule has 0 spiro atoms. The maximum atomic E-state index is 6.12. The van der Waals surface area contributed by atoms with Crippen molar-refractivity contribution in [2.45, 2.75) is 71.1 Å². The lowest BCUT2D eigenvalue weighted by molar-refractivity contribution is 0.304. The molecule has 0 saturated carbocycles. The molecule has 0 N–H and O–H groups in total. The van der Waals surface area contributed by atoms with Gasteiger partial charge in [-0.25, -0.2) is 0 Å². The van der Waals surface area contributed by atoms with Crippen molar-refractivity contribution < 1.29 is 4.74 Å². The molecule has 0 radical (unpaired) electrons. The highest BCUT2D eigenvalue weighted by Gasteiger charge is 2.20. The van der Waals surface area contributed by atoms with Crippen LogP contribution < -0.4 is 4.74 Å². The lowest BCUT2D eigenvalue weighted by atomic mass is 10.1. The van der Waals surface area contributed by atoms with E-state index < -0.39 is 0 Å². The summed E-state index contributed by atoms with van der Waals surface area (Å²) >= 11 is 30.2. The molecule has 24 heavy (non-hydrogen) atoms. The molecule has 6 heteroatoms. The Balaban J connectivity index is 2.20. The summed E-state index contributed by atoms with van der Waals surface area (Å²) in [6, 6.07) is 0. The lowest BCUT2D eigenvalue weighted by Gasteiger charge is -2.13. The highest BCUT2D eigenvalue weighted by molar-refractivity contribution is 6.55. The third kappa shape index (κ3) is 7.38. The van der Waals surface area contributed by atoms with Crippen molar-refractivity contribution in [1.82, 2.24) is 0 Å². The molecule has 0 saturated heterocycles. The Labute approximate surface area is 170 Å². The average molecular weight is 435 g/mol. The third-order valence-electron chi connectivity index (χ3n) is 3.91. The molecule has 0 heterocycles. The molecule has 0 amide bonds. The molecular weight excluding hydrogens is 409 g/mol. The van der Waals surface area contributed by atoms with Gasteiger partial charge >= 0.3 is 0 Å². The van der Waals surface area contributed by atoms with E-state index in [0.29, 0.717) is 12.4 Å². The van der Waals surface area contributed by atoms with Crippen molar-refractivity contribution in [2.24, 2.45) is 0 Å². The molecule has 0 bridgehead atoms. The molecule has 1 nitrogen and oxygen atoms in total. The second-order valence-electron chi connectivity index (χ2n) is 5.93. The van der Waals surface area contributed by atoms with Gasteiger partial charge in [0.25, 0.3) is 0 Å². The summed E-state index contributed by atoms with van der Waals surface area (Å²) in [4.78, 5) is 0. The number of halogens is 5. The molecule has 138 valence electrons. The van der Waals surface area contributed by atoms with Gasteiger partial charge in [0, 0.05) is 0 Å². The smallest absolute Gasteiger partial charge is 0.159 e. The molecule has 0 aliphatic rings. The van der Waals surface area contributed by atoms with E-state index in [9.17, 15) is 0 Å². The van der Waals surface area contributed by atoms with Crippen LogP contribution in [0, 0.1) is 0 Å². The summed E-state index contributed by atoms with van der Waals surface area (Å²) in [7, 11) is 0. The second kappa shape index (κ2) is 12.8. The van der Waals surface area contributed by atoms with Gasteiger partial charge < -0.3 is 4.74 Å². The second-order valence-corrected chi connectivity index (χ2v) is 7.82. The Bertz CT molecular complexity index is 476. The van der Waals surface area contributed by atoms with Crippen LogP contribution in [0.5, 0.6) is 5.75 Å². The minimum atomic E-state index is 0.152. The summed E-state index contributed by atoms with van der Waals surface area (Å²) in [5.74, 6) is 0.314. The molecule has 1 rings (SSSR count). The van der Waals surface area contributed by atoms with Crippen LogP contribution in [0.1, 0.15) is 71.1 Å². The first-order valence-corrected chi connectivity index (χ1v) is 10.5. The van der Waals surface area contributed by atoms with E-state index >= 15 is 0 Å². The molecule has 1 aromatic carbocycles. The van der Waals surface area contributed by atoms with E-state index in [4.69, 9.17) is 62.7 Å². The average Bonchev–Trinajstić information content (AvgIpc) is 2.58. The highest BCUT2D eigenvalue weighted by atomic mass is 35.5. The van der Waals surface area contributed by atoms with Crippen LogP contribution in [-0.2, 0) is 0 Å². The Morgan fingerprint density at radius 3 is 1.38 bits per heavy atom. The van der Waals surface area contributed by atoms with Gasteiger partial charge in [-0.2, -0.15) is 0 Å². The van der Waals surface area contributed by atoms with Crippen molar-refractivity contribution in [3.05, 3.63) is 25.1 Å². The van der Waals surface area contributed by atoms with Gasteiger partial charge in [-0.1, -0.05) is 123 Å². The van der Waals surface area contributed by atoms with Crippen LogP contribution in [0.25, 0.3) is 0 Å². The van der Waals surface area contributed by atoms with Crippen molar-refractivity contribution in [2.75, 3.05) is 6.61 Å². The van der Waals surface area contributed by atoms with Crippen molar-refractivity contribution in [3.8, 4) is 5.75 Å². The number of rotatable bonds is 12. The summed E-state index contributed by atoms with van der Waals surface area (Å²) in [6.45, 7) is 2.78. The van der Waals surface area contributed by atoms with Gasteiger partial charge in [0.2, 0.25) is 0 Å². The lowest BCUT2D eigenvalue weighted by Crippen LogP contribution is -1.99. The fourth-order valence-electron chi connectivity index (χ4n) is 2.48. The third-order valence-corrected chi connectivity index (χ3v) is 6.16. The molecule has 1 aromatic rings. The summed E-state index contributed by atoms with van der Waals surface area (Å²) in [5.41, 5.74) is 0. The van der Waals surface area contributed by atoms with Gasteiger partial charge in [-0.15, -0.1) is 0 Å². The first kappa shape index (κ1) is 22.5. The normalized spacial score (nSPS) is 11.1. The molecule has 0 aromatic heterocycles. The quantitative estimate of drug-likeness (QED) is 0.181. The van der Waals surface area contributed by atoms with Gasteiger partial charge in [-0.05, 0) is 6.42 Å². The minimum absolute atomic E-state index is 0.152. The fraction of sp³-hybridized carbons (Fsp3) is 0.667. The highest BCUT2D eigenvalue weighted by Crippen LogP contribution is 2.48. The Kier molecular flexibility index (Phi) is 12.0. The molecular formula is C18H25Cl5O. The predicted octanol–water partition coefficient (Wildman–Crippen LogP) is 9.25. The van der Waals surface area contributed by atoms with Crippen LogP contribution >= 0.6 is 58.0 Å². The Morgan fingerprint density at radius 1 is 0.542 bits per heavy atom. The Morgan fingerprint density at radius 2 is 0.917 bits per heavy atom. The number of ether oxygens (including phenoxy) is 1. The number of hydrogen-bond donors (Lipinski definition) is 0. The van der Waals surface area contributed by atoms with E-state index in [1.165, 1.54) is 51.4 Å². The van der Waals surface area contributed by atoms with Gasteiger partial charge in [0.05, 0.1) is 21.7 Å². The standard InChI is InChI=1S/C18H25Cl5O/c1-2-3-4-5-6-7-8-9-10-11-12-24-18-16(22)14(20)13(19)15(21)17(18)23/h2-12H2,1H3. The summed E-state index contributed by atoms with van der Waals surface area (Å²) < 4.78 is 5.66. The van der Waals surface area contributed by atoms with Crippen LogP contribution in [-0.4, -0.2) is 6.61 Å². The number of benzene rings is 1. The van der Waals surface area contributed by atoms with Crippen molar-refractivity contribution in [1.29, 1.82) is 0 Å². The van der Waals surface area contributed by atoms with E-state index in [2.05, 4.69) is 6.92 Å². The molecule has 0 unspecified atom stereocenters. The first-order valence-electron chi connectivity index (χ1n) is 8.64. The van der Waals surface area contributed by atoms with Gasteiger partial charge in [0.1, 0.15) is 10.0 Å². The minimum Gasteiger partial charge on any atom is -0.490 e. The van der Waals surface area contributed by atoms with Crippen LogP contribution in [0.3, 0.4) is 0 Å². The zero-order chi connectivity index (χ0) is 17.9. The zero-order valence-corrected chi connectivity index (χ0v) is 17.9. The van der Waals surface area contributed by atoms with Crippen LogP contribution in [0.2, 0.25) is 25.1 Å². The first-order chi connectivity index (χ1) is 11.5. The topological polar surface area (TPSA) is 9.23 Å². The van der Waals surface area contributed by atoms with Gasteiger partial charge in [-0.3, -0.25) is 0 Å². The van der Waals surface area contributed by atoms with E-state index in [1.54, 1.807) is 0 Å². The summed E-state index contributed by atoms with van der Waals surface area (Å²) in [6.07, 6.45) is 12.7. The van der Waals surface area contributed by atoms with Crippen LogP contribution in [0.15, 0.2) is 0 Å².